The highest BCUT2D eigenvalue weighted by atomic mass is 16.5. The number of benzene rings is 1. The summed E-state index contributed by atoms with van der Waals surface area (Å²) in [5, 5.41) is 6.93. The largest absolute Gasteiger partial charge is 0.497 e. The lowest BCUT2D eigenvalue weighted by Gasteiger charge is -2.25. The first-order valence-electron chi connectivity index (χ1n) is 8.55. The van der Waals surface area contributed by atoms with Crippen molar-refractivity contribution in [2.45, 2.75) is 33.1 Å². The number of ether oxygens (including phenoxy) is 2. The van der Waals surface area contributed by atoms with E-state index in [0.717, 1.165) is 40.5 Å². The van der Waals surface area contributed by atoms with Crippen molar-refractivity contribution >= 4 is 5.91 Å². The van der Waals surface area contributed by atoms with Gasteiger partial charge in [0.1, 0.15) is 17.3 Å². The summed E-state index contributed by atoms with van der Waals surface area (Å²) in [6.45, 7) is 4.99. The fraction of sp³-hybridized carbons (Fsp3) is 0.474. The summed E-state index contributed by atoms with van der Waals surface area (Å²) < 4.78 is 16.1. The lowest BCUT2D eigenvalue weighted by atomic mass is 9.96. The molecule has 1 amide bonds. The Balaban J connectivity index is 1.46. The summed E-state index contributed by atoms with van der Waals surface area (Å²) >= 11 is 0. The van der Waals surface area contributed by atoms with Crippen molar-refractivity contribution in [2.75, 3.05) is 20.3 Å². The molecule has 25 heavy (non-hydrogen) atoms. The van der Waals surface area contributed by atoms with E-state index >= 15 is 0 Å². The molecule has 2 heterocycles. The second-order valence-corrected chi connectivity index (χ2v) is 6.46. The van der Waals surface area contributed by atoms with Gasteiger partial charge in [-0.15, -0.1) is 0 Å². The number of amides is 1. The maximum Gasteiger partial charge on any atom is 0.220 e. The number of hydrogen-bond donors (Lipinski definition) is 1. The highest BCUT2D eigenvalue weighted by Gasteiger charge is 2.21. The number of rotatable bonds is 6. The van der Waals surface area contributed by atoms with Crippen molar-refractivity contribution < 1.29 is 18.8 Å². The normalized spacial score (nSPS) is 16.0. The van der Waals surface area contributed by atoms with E-state index in [9.17, 15) is 4.79 Å². The van der Waals surface area contributed by atoms with Gasteiger partial charge in [-0.05, 0) is 38.3 Å². The van der Waals surface area contributed by atoms with E-state index in [2.05, 4.69) is 10.5 Å². The summed E-state index contributed by atoms with van der Waals surface area (Å²) in [6, 6.07) is 5.88. The molecule has 6 nitrogen and oxygen atoms in total. The molecule has 6 heteroatoms. The van der Waals surface area contributed by atoms with Gasteiger partial charge in [-0.2, -0.15) is 0 Å². The zero-order chi connectivity index (χ0) is 17.8. The fourth-order valence-corrected chi connectivity index (χ4v) is 3.12. The Labute approximate surface area is 147 Å². The van der Waals surface area contributed by atoms with Crippen LogP contribution < -0.4 is 14.8 Å². The molecule has 1 aliphatic rings. The number of carbonyl (C=O) groups excluding carboxylic acids is 1. The summed E-state index contributed by atoms with van der Waals surface area (Å²) in [4.78, 5) is 12.1. The zero-order valence-corrected chi connectivity index (χ0v) is 14.9. The first-order chi connectivity index (χ1) is 12.1. The molecule has 1 aromatic carbocycles. The third-order valence-electron chi connectivity index (χ3n) is 4.63. The van der Waals surface area contributed by atoms with E-state index in [1.54, 1.807) is 7.11 Å². The maximum absolute atomic E-state index is 12.1. The molecule has 1 aromatic heterocycles. The molecule has 0 saturated heterocycles. The van der Waals surface area contributed by atoms with Crippen molar-refractivity contribution in [3.63, 3.8) is 0 Å². The molecule has 1 unspecified atom stereocenters. The SMILES string of the molecule is COc1ccc2c(c1)OCC(CNC(=O)CCc1c(C)noc1C)C2. The summed E-state index contributed by atoms with van der Waals surface area (Å²) in [7, 11) is 1.64. The number of methoxy groups -OCH3 is 1. The second kappa shape index (κ2) is 7.59. The Bertz CT molecular complexity index is 734. The molecular weight excluding hydrogens is 320 g/mol. The van der Waals surface area contributed by atoms with Crippen LogP contribution in [0.25, 0.3) is 0 Å². The molecule has 134 valence electrons. The van der Waals surface area contributed by atoms with E-state index in [-0.39, 0.29) is 11.8 Å². The smallest absolute Gasteiger partial charge is 0.220 e. The first kappa shape index (κ1) is 17.3. The van der Waals surface area contributed by atoms with Crippen LogP contribution in [-0.2, 0) is 17.6 Å². The van der Waals surface area contributed by atoms with Crippen LogP contribution in [0.5, 0.6) is 11.5 Å². The molecule has 0 spiro atoms. The topological polar surface area (TPSA) is 73.6 Å². The van der Waals surface area contributed by atoms with Crippen molar-refractivity contribution in [1.29, 1.82) is 0 Å². The van der Waals surface area contributed by atoms with Crippen LogP contribution >= 0.6 is 0 Å². The number of fused-ring (bicyclic) bond motifs is 1. The average molecular weight is 344 g/mol. The van der Waals surface area contributed by atoms with Crippen LogP contribution in [0.15, 0.2) is 22.7 Å². The lowest BCUT2D eigenvalue weighted by Crippen LogP contribution is -2.34. The van der Waals surface area contributed by atoms with Crippen LogP contribution in [0, 0.1) is 19.8 Å². The van der Waals surface area contributed by atoms with E-state index in [1.807, 2.05) is 32.0 Å². The quantitative estimate of drug-likeness (QED) is 0.872. The molecule has 0 fully saturated rings. The standard InChI is InChI=1S/C19H24N2O4/c1-12-17(13(2)25-21-12)6-7-19(22)20-10-14-8-15-4-5-16(23-3)9-18(15)24-11-14/h4-5,9,14H,6-8,10-11H2,1-3H3,(H,20,22). The molecular formula is C19H24N2O4. The Morgan fingerprint density at radius 2 is 2.24 bits per heavy atom. The molecule has 1 aliphatic heterocycles. The number of nitrogens with zero attached hydrogens (tertiary/aromatic N) is 1. The minimum Gasteiger partial charge on any atom is -0.497 e. The summed E-state index contributed by atoms with van der Waals surface area (Å²) in [6.07, 6.45) is 1.98. The van der Waals surface area contributed by atoms with Crippen LogP contribution in [0.3, 0.4) is 0 Å². The van der Waals surface area contributed by atoms with Gasteiger partial charge in [0.25, 0.3) is 0 Å². The predicted octanol–water partition coefficient (Wildman–Crippen LogP) is 2.60. The van der Waals surface area contributed by atoms with Gasteiger partial charge in [0, 0.05) is 30.5 Å². The summed E-state index contributed by atoms with van der Waals surface area (Å²) in [5.41, 5.74) is 3.04. The Morgan fingerprint density at radius 1 is 1.40 bits per heavy atom. The van der Waals surface area contributed by atoms with Crippen LogP contribution in [0.1, 0.15) is 29.0 Å². The van der Waals surface area contributed by atoms with Gasteiger partial charge in [-0.1, -0.05) is 11.2 Å². The number of hydrogen-bond acceptors (Lipinski definition) is 5. The van der Waals surface area contributed by atoms with E-state index in [1.165, 1.54) is 0 Å². The third-order valence-corrected chi connectivity index (χ3v) is 4.63. The van der Waals surface area contributed by atoms with Gasteiger partial charge < -0.3 is 19.3 Å². The molecule has 0 radical (unpaired) electrons. The van der Waals surface area contributed by atoms with Gasteiger partial charge in [-0.3, -0.25) is 4.79 Å². The van der Waals surface area contributed by atoms with Crippen molar-refractivity contribution in [3.8, 4) is 11.5 Å². The highest BCUT2D eigenvalue weighted by molar-refractivity contribution is 5.76. The molecule has 0 aliphatic carbocycles. The van der Waals surface area contributed by atoms with Crippen molar-refractivity contribution in [3.05, 3.63) is 40.8 Å². The van der Waals surface area contributed by atoms with Crippen LogP contribution in [-0.4, -0.2) is 31.3 Å². The van der Waals surface area contributed by atoms with E-state index < -0.39 is 0 Å². The highest BCUT2D eigenvalue weighted by Crippen LogP contribution is 2.30. The molecule has 1 atom stereocenters. The van der Waals surface area contributed by atoms with Gasteiger partial charge >= 0.3 is 0 Å². The number of nitrogens with one attached hydrogen (secondary N) is 1. The molecule has 2 aromatic rings. The van der Waals surface area contributed by atoms with Crippen molar-refractivity contribution in [2.24, 2.45) is 5.92 Å². The average Bonchev–Trinajstić information content (AvgIpc) is 2.95. The van der Waals surface area contributed by atoms with Crippen molar-refractivity contribution in [1.82, 2.24) is 10.5 Å². The van der Waals surface area contributed by atoms with E-state index in [4.69, 9.17) is 14.0 Å². The van der Waals surface area contributed by atoms with Gasteiger partial charge in [0.15, 0.2) is 0 Å². The first-order valence-corrected chi connectivity index (χ1v) is 8.55. The molecule has 0 saturated carbocycles. The van der Waals surface area contributed by atoms with Crippen LogP contribution in [0.4, 0.5) is 0 Å². The molecule has 1 N–H and O–H groups in total. The number of carbonyl (C=O) groups is 1. The van der Waals surface area contributed by atoms with Crippen LogP contribution in [0.2, 0.25) is 0 Å². The maximum atomic E-state index is 12.1. The predicted molar refractivity (Wildman–Crippen MR) is 93.0 cm³/mol. The zero-order valence-electron chi connectivity index (χ0n) is 14.9. The Hall–Kier alpha value is -2.50. The monoisotopic (exact) mass is 344 g/mol. The molecule has 0 bridgehead atoms. The Kier molecular flexibility index (Phi) is 5.26. The minimum atomic E-state index is 0.0422. The lowest BCUT2D eigenvalue weighted by molar-refractivity contribution is -0.121. The minimum absolute atomic E-state index is 0.0422. The van der Waals surface area contributed by atoms with Gasteiger partial charge in [0.2, 0.25) is 5.91 Å². The molecule has 3 rings (SSSR count). The number of aromatic nitrogens is 1. The Morgan fingerprint density at radius 3 is 2.96 bits per heavy atom. The number of aryl methyl sites for hydroxylation is 2. The third kappa shape index (κ3) is 4.13. The second-order valence-electron chi connectivity index (χ2n) is 6.46. The van der Waals surface area contributed by atoms with Gasteiger partial charge in [-0.25, -0.2) is 0 Å². The fourth-order valence-electron chi connectivity index (χ4n) is 3.12. The van der Waals surface area contributed by atoms with Gasteiger partial charge in [0.05, 0.1) is 19.4 Å². The van der Waals surface area contributed by atoms with E-state index in [0.29, 0.717) is 26.0 Å². The summed E-state index contributed by atoms with van der Waals surface area (Å²) in [5.74, 6) is 2.78.